The van der Waals surface area contributed by atoms with E-state index in [1.807, 2.05) is 6.07 Å². The van der Waals surface area contributed by atoms with Gasteiger partial charge >= 0.3 is 0 Å². The van der Waals surface area contributed by atoms with Crippen molar-refractivity contribution in [2.24, 2.45) is 0 Å². The van der Waals surface area contributed by atoms with E-state index in [0.29, 0.717) is 5.56 Å². The Morgan fingerprint density at radius 1 is 0.875 bits per heavy atom. The normalized spacial score (nSPS) is 10.1. The summed E-state index contributed by atoms with van der Waals surface area (Å²) in [6.07, 6.45) is 1.30. The average Bonchev–Trinajstić information content (AvgIpc) is 2.34. The second-order valence-corrected chi connectivity index (χ2v) is 3.40. The summed E-state index contributed by atoms with van der Waals surface area (Å²) < 4.78 is 27.2. The fourth-order valence-corrected chi connectivity index (χ4v) is 1.56. The van der Waals surface area contributed by atoms with Gasteiger partial charge in [-0.3, -0.25) is 0 Å². The molecule has 0 atom stereocenters. The van der Waals surface area contributed by atoms with E-state index in [0.717, 1.165) is 0 Å². The fourth-order valence-electron chi connectivity index (χ4n) is 1.56. The van der Waals surface area contributed by atoms with Gasteiger partial charge in [-0.1, -0.05) is 55.1 Å². The van der Waals surface area contributed by atoms with E-state index in [1.165, 1.54) is 12.1 Å². The Hall–Kier alpha value is -1.96. The first-order valence-electron chi connectivity index (χ1n) is 4.90. The molecule has 2 aromatic rings. The molecule has 0 N–H and O–H groups in total. The fraction of sp³-hybridized carbons (Fsp3) is 0. The van der Waals surface area contributed by atoms with Crippen molar-refractivity contribution in [2.75, 3.05) is 0 Å². The third-order valence-corrected chi connectivity index (χ3v) is 2.42. The number of hydrogen-bond acceptors (Lipinski definition) is 0. The van der Waals surface area contributed by atoms with E-state index in [4.69, 9.17) is 0 Å². The third kappa shape index (κ3) is 1.74. The number of benzene rings is 2. The molecule has 0 aliphatic carbocycles. The molecule has 2 heteroatoms. The zero-order chi connectivity index (χ0) is 11.5. The molecular formula is C14H10F2. The summed E-state index contributed by atoms with van der Waals surface area (Å²) in [5.74, 6) is -1.68. The lowest BCUT2D eigenvalue weighted by Crippen LogP contribution is -1.92. The maximum Gasteiger partial charge on any atom is 0.167 e. The van der Waals surface area contributed by atoms with Crippen molar-refractivity contribution >= 4 is 6.08 Å². The Bertz CT molecular complexity index is 516. The van der Waals surface area contributed by atoms with Gasteiger partial charge in [0.15, 0.2) is 11.6 Å². The molecule has 0 saturated heterocycles. The minimum Gasteiger partial charge on any atom is -0.203 e. The van der Waals surface area contributed by atoms with Gasteiger partial charge in [-0.15, -0.1) is 0 Å². The lowest BCUT2D eigenvalue weighted by Gasteiger charge is -2.06. The van der Waals surface area contributed by atoms with Crippen LogP contribution in [0.4, 0.5) is 8.78 Å². The maximum absolute atomic E-state index is 13.7. The van der Waals surface area contributed by atoms with Gasteiger partial charge in [0.1, 0.15) is 0 Å². The van der Waals surface area contributed by atoms with Crippen LogP contribution in [0.1, 0.15) is 5.56 Å². The van der Waals surface area contributed by atoms with E-state index >= 15 is 0 Å². The molecule has 0 heterocycles. The summed E-state index contributed by atoms with van der Waals surface area (Å²) in [5.41, 5.74) is 1.11. The van der Waals surface area contributed by atoms with Gasteiger partial charge in [-0.05, 0) is 5.56 Å². The molecule has 0 amide bonds. The summed E-state index contributed by atoms with van der Waals surface area (Å²) in [4.78, 5) is 0. The van der Waals surface area contributed by atoms with Gasteiger partial charge < -0.3 is 0 Å². The molecule has 0 bridgehead atoms. The van der Waals surface area contributed by atoms with E-state index < -0.39 is 11.6 Å². The predicted octanol–water partition coefficient (Wildman–Crippen LogP) is 4.27. The van der Waals surface area contributed by atoms with Crippen LogP contribution in [-0.2, 0) is 0 Å². The highest BCUT2D eigenvalue weighted by atomic mass is 19.2. The van der Waals surface area contributed by atoms with Gasteiger partial charge in [-0.2, -0.15) is 0 Å². The van der Waals surface area contributed by atoms with Crippen molar-refractivity contribution in [2.45, 2.75) is 0 Å². The van der Waals surface area contributed by atoms with E-state index in [1.54, 1.807) is 30.3 Å². The molecule has 16 heavy (non-hydrogen) atoms. The molecule has 0 unspecified atom stereocenters. The van der Waals surface area contributed by atoms with E-state index in [-0.39, 0.29) is 11.1 Å². The number of halogens is 2. The predicted molar refractivity (Wildman–Crippen MR) is 61.9 cm³/mol. The van der Waals surface area contributed by atoms with Crippen molar-refractivity contribution in [3.63, 3.8) is 0 Å². The zero-order valence-electron chi connectivity index (χ0n) is 8.58. The van der Waals surface area contributed by atoms with Crippen LogP contribution in [0.2, 0.25) is 0 Å². The first-order chi connectivity index (χ1) is 7.74. The summed E-state index contributed by atoms with van der Waals surface area (Å²) in [7, 11) is 0. The maximum atomic E-state index is 13.7. The lowest BCUT2D eigenvalue weighted by atomic mass is 10.0. The smallest absolute Gasteiger partial charge is 0.167 e. The topological polar surface area (TPSA) is 0 Å². The quantitative estimate of drug-likeness (QED) is 0.703. The van der Waals surface area contributed by atoms with Crippen LogP contribution in [0.5, 0.6) is 0 Å². The molecule has 2 rings (SSSR count). The van der Waals surface area contributed by atoms with Crippen molar-refractivity contribution in [3.8, 4) is 11.1 Å². The highest BCUT2D eigenvalue weighted by Crippen LogP contribution is 2.26. The lowest BCUT2D eigenvalue weighted by molar-refractivity contribution is 0.509. The molecule has 0 saturated carbocycles. The summed E-state index contributed by atoms with van der Waals surface area (Å²) in [6.45, 7) is 3.43. The second-order valence-electron chi connectivity index (χ2n) is 3.40. The van der Waals surface area contributed by atoms with Gasteiger partial charge in [0, 0.05) is 11.1 Å². The summed E-state index contributed by atoms with van der Waals surface area (Å²) in [6, 6.07) is 12.0. The monoisotopic (exact) mass is 216 g/mol. The molecular weight excluding hydrogens is 206 g/mol. The molecule has 0 aliphatic rings. The van der Waals surface area contributed by atoms with Gasteiger partial charge in [0.25, 0.3) is 0 Å². The zero-order valence-corrected chi connectivity index (χ0v) is 8.58. The van der Waals surface area contributed by atoms with Crippen molar-refractivity contribution < 1.29 is 8.78 Å². The molecule has 80 valence electrons. The SMILES string of the molecule is C=Cc1ccc(-c2ccccc2)c(F)c1F. The summed E-state index contributed by atoms with van der Waals surface area (Å²) >= 11 is 0. The second kappa shape index (κ2) is 4.27. The molecule has 0 aliphatic heterocycles. The highest BCUT2D eigenvalue weighted by Gasteiger charge is 2.12. The Labute approximate surface area is 92.9 Å². The number of hydrogen-bond donors (Lipinski definition) is 0. The largest absolute Gasteiger partial charge is 0.203 e. The van der Waals surface area contributed by atoms with Gasteiger partial charge in [0.2, 0.25) is 0 Å². The molecule has 0 nitrogen and oxygen atoms in total. The van der Waals surface area contributed by atoms with Gasteiger partial charge in [-0.25, -0.2) is 8.78 Å². The molecule has 2 aromatic carbocycles. The third-order valence-electron chi connectivity index (χ3n) is 2.42. The van der Waals surface area contributed by atoms with Crippen LogP contribution in [0, 0.1) is 11.6 Å². The van der Waals surface area contributed by atoms with Crippen LogP contribution in [0.3, 0.4) is 0 Å². The Kier molecular flexibility index (Phi) is 2.82. The Morgan fingerprint density at radius 2 is 1.56 bits per heavy atom. The van der Waals surface area contributed by atoms with Crippen molar-refractivity contribution in [1.82, 2.24) is 0 Å². The Morgan fingerprint density at radius 3 is 2.19 bits per heavy atom. The van der Waals surface area contributed by atoms with Crippen molar-refractivity contribution in [3.05, 3.63) is 66.2 Å². The van der Waals surface area contributed by atoms with Crippen molar-refractivity contribution in [1.29, 1.82) is 0 Å². The Balaban J connectivity index is 2.60. The van der Waals surface area contributed by atoms with Crippen LogP contribution in [0.15, 0.2) is 49.0 Å². The first-order valence-corrected chi connectivity index (χ1v) is 4.90. The summed E-state index contributed by atoms with van der Waals surface area (Å²) in [5, 5.41) is 0. The molecule has 0 fully saturated rings. The molecule has 0 radical (unpaired) electrons. The average molecular weight is 216 g/mol. The van der Waals surface area contributed by atoms with E-state index in [9.17, 15) is 8.78 Å². The minimum atomic E-state index is -0.851. The minimum absolute atomic E-state index is 0.178. The molecule has 0 aromatic heterocycles. The molecule has 0 spiro atoms. The van der Waals surface area contributed by atoms with Crippen LogP contribution in [0.25, 0.3) is 17.2 Å². The van der Waals surface area contributed by atoms with Crippen LogP contribution in [-0.4, -0.2) is 0 Å². The number of rotatable bonds is 2. The van der Waals surface area contributed by atoms with Crippen LogP contribution >= 0.6 is 0 Å². The van der Waals surface area contributed by atoms with Gasteiger partial charge in [0.05, 0.1) is 0 Å². The standard InChI is InChI=1S/C14H10F2/c1-2-10-8-9-12(14(16)13(10)15)11-6-4-3-5-7-11/h2-9H,1H2. The van der Waals surface area contributed by atoms with Crippen LogP contribution < -0.4 is 0 Å². The van der Waals surface area contributed by atoms with E-state index in [2.05, 4.69) is 6.58 Å². The highest BCUT2D eigenvalue weighted by molar-refractivity contribution is 5.66. The first kappa shape index (κ1) is 10.6.